The first-order chi connectivity index (χ1) is 18.1. The number of rotatable bonds is 5. The van der Waals surface area contributed by atoms with Gasteiger partial charge in [0, 0.05) is 34.6 Å². The molecule has 4 aromatic rings. The number of hydrogen-bond donors (Lipinski definition) is 1. The summed E-state index contributed by atoms with van der Waals surface area (Å²) in [6.07, 6.45) is -1.04. The first-order valence-electron chi connectivity index (χ1n) is 11.7. The Balaban J connectivity index is 1.75. The van der Waals surface area contributed by atoms with Crippen LogP contribution in [0.2, 0.25) is 0 Å². The van der Waals surface area contributed by atoms with Crippen LogP contribution in [-0.2, 0) is 13.2 Å². The van der Waals surface area contributed by atoms with Gasteiger partial charge in [-0.25, -0.2) is 9.07 Å². The van der Waals surface area contributed by atoms with Gasteiger partial charge < -0.3 is 5.32 Å². The Hall–Kier alpha value is -4.42. The van der Waals surface area contributed by atoms with Crippen molar-refractivity contribution in [2.75, 3.05) is 0 Å². The number of nitrogens with one attached hydrogen (secondary N) is 1. The predicted molar refractivity (Wildman–Crippen MR) is 115 cm³/mol. The Morgan fingerprint density at radius 3 is 2.69 bits per heavy atom. The van der Waals surface area contributed by atoms with E-state index in [4.69, 9.17) is 5.48 Å². The number of nitrogens with zero attached hydrogens (tertiary/aromatic N) is 6. The van der Waals surface area contributed by atoms with Gasteiger partial charge in [-0.1, -0.05) is 17.3 Å². The summed E-state index contributed by atoms with van der Waals surface area (Å²) in [4.78, 5) is 29.6. The minimum atomic E-state index is -5.19. The van der Waals surface area contributed by atoms with Crippen LogP contribution in [0.15, 0.2) is 59.8 Å². The molecule has 0 aliphatic carbocycles. The fraction of sp³-hybridized carbons (Fsp3) is 0.182. The molecule has 9 nitrogen and oxygen atoms in total. The van der Waals surface area contributed by atoms with Crippen molar-refractivity contribution < 1.29 is 27.8 Å². The Morgan fingerprint density at radius 2 is 2.00 bits per heavy atom. The second-order valence-corrected chi connectivity index (χ2v) is 7.14. The maximum Gasteiger partial charge on any atom is 0.419 e. The highest BCUT2D eigenvalue weighted by molar-refractivity contribution is 5.92. The second-order valence-electron chi connectivity index (χ2n) is 7.14. The molecule has 0 saturated heterocycles. The second kappa shape index (κ2) is 9.08. The van der Waals surface area contributed by atoms with Gasteiger partial charge >= 0.3 is 6.18 Å². The highest BCUT2D eigenvalue weighted by Crippen LogP contribution is 2.33. The molecule has 1 amide bonds. The van der Waals surface area contributed by atoms with E-state index in [0.717, 1.165) is 22.9 Å². The van der Waals surface area contributed by atoms with Crippen LogP contribution in [0.25, 0.3) is 16.9 Å². The molecule has 4 rings (SSSR count). The molecule has 3 heterocycles. The fourth-order valence-corrected chi connectivity index (χ4v) is 3.14. The Labute approximate surface area is 200 Å². The molecule has 0 fully saturated rings. The van der Waals surface area contributed by atoms with Gasteiger partial charge in [0.1, 0.15) is 11.5 Å². The molecule has 3 aromatic heterocycles. The smallest absolute Gasteiger partial charge is 0.344 e. The van der Waals surface area contributed by atoms with Gasteiger partial charge in [0.25, 0.3) is 11.5 Å². The van der Waals surface area contributed by atoms with E-state index in [1.54, 1.807) is 12.4 Å². The number of amides is 1. The number of halogens is 4. The largest absolute Gasteiger partial charge is 0.419 e. The van der Waals surface area contributed by atoms with Crippen molar-refractivity contribution in [1.82, 2.24) is 35.1 Å². The summed E-state index contributed by atoms with van der Waals surface area (Å²) in [6.45, 7) is -3.53. The zero-order chi connectivity index (χ0) is 28.8. The lowest BCUT2D eigenvalue weighted by molar-refractivity contribution is -0.140. The van der Waals surface area contributed by atoms with Crippen molar-refractivity contribution in [1.29, 1.82) is 0 Å². The number of aryl methyl sites for hydroxylation is 1. The SMILES string of the molecule is [2H]C([2H])([2H])C([2H])(NC(=O)c1ccc(=O)n(-c2cncc(-c3cnnn3C)c2)n1)c1cccc(C(F)(F)F)c1F. The molecular formula is C22H17F4N7O2. The molecular weight excluding hydrogens is 470 g/mol. The van der Waals surface area contributed by atoms with Gasteiger partial charge in [0.05, 0.1) is 36.7 Å². The van der Waals surface area contributed by atoms with E-state index in [9.17, 15) is 27.2 Å². The molecule has 0 radical (unpaired) electrons. The zero-order valence-corrected chi connectivity index (χ0v) is 17.7. The van der Waals surface area contributed by atoms with Crippen LogP contribution in [0, 0.1) is 5.82 Å². The van der Waals surface area contributed by atoms with Crippen molar-refractivity contribution in [2.45, 2.75) is 19.0 Å². The molecule has 1 unspecified atom stereocenters. The summed E-state index contributed by atoms with van der Waals surface area (Å²) in [5.74, 6) is -3.39. The van der Waals surface area contributed by atoms with E-state index in [1.807, 2.05) is 0 Å². The van der Waals surface area contributed by atoms with Gasteiger partial charge in [-0.3, -0.25) is 14.6 Å². The highest BCUT2D eigenvalue weighted by atomic mass is 19.4. The van der Waals surface area contributed by atoms with Crippen molar-refractivity contribution in [2.24, 2.45) is 7.05 Å². The van der Waals surface area contributed by atoms with Gasteiger partial charge in [0.15, 0.2) is 0 Å². The maximum absolute atomic E-state index is 14.8. The summed E-state index contributed by atoms with van der Waals surface area (Å²) in [5.41, 5.74) is -3.24. The number of aromatic nitrogens is 6. The van der Waals surface area contributed by atoms with E-state index >= 15 is 0 Å². The normalized spacial score (nSPS) is 15.3. The number of pyridine rings is 1. The molecule has 0 spiro atoms. The molecule has 180 valence electrons. The first-order valence-corrected chi connectivity index (χ1v) is 9.73. The number of alkyl halides is 3. The Morgan fingerprint density at radius 1 is 1.20 bits per heavy atom. The van der Waals surface area contributed by atoms with E-state index in [1.165, 1.54) is 29.3 Å². The summed E-state index contributed by atoms with van der Waals surface area (Å²) in [6, 6.07) is 1.72. The van der Waals surface area contributed by atoms with Gasteiger partial charge in [0.2, 0.25) is 0 Å². The standard InChI is InChI=1S/C22H17F4N7O2/c1-12(15-4-3-5-16(20(15)23)22(24,25)26)29-21(35)17-6-7-19(34)33(30-17)14-8-13(9-27-10-14)18-11-28-31-32(18)2/h3-12H,1-2H3,(H,29,35)/i1D3,12D. The van der Waals surface area contributed by atoms with Gasteiger partial charge in [-0.15, -0.1) is 5.10 Å². The lowest BCUT2D eigenvalue weighted by atomic mass is 10.0. The van der Waals surface area contributed by atoms with Crippen molar-refractivity contribution in [3.8, 4) is 16.9 Å². The van der Waals surface area contributed by atoms with Crippen LogP contribution in [0.1, 0.15) is 40.0 Å². The first kappa shape index (κ1) is 18.9. The van der Waals surface area contributed by atoms with Crippen LogP contribution in [0.4, 0.5) is 17.6 Å². The van der Waals surface area contributed by atoms with Crippen molar-refractivity contribution in [3.63, 3.8) is 0 Å². The third-order valence-corrected chi connectivity index (χ3v) is 4.82. The minimum absolute atomic E-state index is 0.0882. The summed E-state index contributed by atoms with van der Waals surface area (Å²) < 4.78 is 88.3. The molecule has 0 aliphatic rings. The molecule has 1 aromatic carbocycles. The van der Waals surface area contributed by atoms with Crippen LogP contribution in [-0.4, -0.2) is 35.7 Å². The van der Waals surface area contributed by atoms with Crippen LogP contribution in [0.5, 0.6) is 0 Å². The highest BCUT2D eigenvalue weighted by Gasteiger charge is 2.35. The fourth-order valence-electron chi connectivity index (χ4n) is 3.14. The van der Waals surface area contributed by atoms with Crippen LogP contribution in [0.3, 0.4) is 0 Å². The quantitative estimate of drug-likeness (QED) is 0.430. The summed E-state index contributed by atoms with van der Waals surface area (Å²) in [7, 11) is 1.62. The maximum atomic E-state index is 14.8. The number of carbonyl (C=O) groups is 1. The van der Waals surface area contributed by atoms with Gasteiger partial charge in [-0.05, 0) is 25.1 Å². The van der Waals surface area contributed by atoms with E-state index in [2.05, 4.69) is 20.4 Å². The van der Waals surface area contributed by atoms with E-state index in [-0.39, 0.29) is 5.69 Å². The minimum Gasteiger partial charge on any atom is -0.344 e. The molecule has 0 aliphatic heterocycles. The predicted octanol–water partition coefficient (Wildman–Crippen LogP) is 3.07. The third-order valence-electron chi connectivity index (χ3n) is 4.82. The van der Waals surface area contributed by atoms with Crippen LogP contribution >= 0.6 is 0 Å². The average Bonchev–Trinajstić information content (AvgIpc) is 3.28. The zero-order valence-electron chi connectivity index (χ0n) is 21.7. The Bertz CT molecular complexity index is 1620. The lowest BCUT2D eigenvalue weighted by Gasteiger charge is -2.17. The molecule has 13 heteroatoms. The van der Waals surface area contributed by atoms with Crippen molar-refractivity contribution in [3.05, 3.63) is 88.0 Å². The number of hydrogen-bond acceptors (Lipinski definition) is 6. The lowest BCUT2D eigenvalue weighted by Crippen LogP contribution is -2.31. The van der Waals surface area contributed by atoms with Gasteiger partial charge in [-0.2, -0.15) is 23.0 Å². The monoisotopic (exact) mass is 491 g/mol. The third kappa shape index (κ3) is 4.78. The van der Waals surface area contributed by atoms with E-state index < -0.39 is 53.2 Å². The molecule has 0 bridgehead atoms. The van der Waals surface area contributed by atoms with E-state index in [0.29, 0.717) is 23.4 Å². The average molecular weight is 491 g/mol. The summed E-state index contributed by atoms with van der Waals surface area (Å²) in [5, 5.41) is 13.2. The molecule has 1 atom stereocenters. The molecule has 0 saturated carbocycles. The number of benzene rings is 1. The van der Waals surface area contributed by atoms with Crippen molar-refractivity contribution >= 4 is 5.91 Å². The number of carbonyl (C=O) groups excluding carboxylic acids is 1. The topological polar surface area (TPSA) is 108 Å². The Kier molecular flexibility index (Phi) is 4.92. The summed E-state index contributed by atoms with van der Waals surface area (Å²) >= 11 is 0. The molecule has 35 heavy (non-hydrogen) atoms. The molecule has 1 N–H and O–H groups in total. The van der Waals surface area contributed by atoms with Crippen LogP contribution < -0.4 is 10.9 Å².